The van der Waals surface area contributed by atoms with Crippen LogP contribution in [0.5, 0.6) is 0 Å². The average molecular weight is 300 g/mol. The van der Waals surface area contributed by atoms with Crippen molar-refractivity contribution in [1.82, 2.24) is 4.90 Å². The molecule has 0 bridgehead atoms. The summed E-state index contributed by atoms with van der Waals surface area (Å²) >= 11 is 3.31. The Bertz CT molecular complexity index is 294. The average Bonchev–Trinajstić information content (AvgIpc) is 2.87. The minimum atomic E-state index is 0.225. The lowest BCUT2D eigenvalue weighted by Gasteiger charge is -2.10. The lowest BCUT2D eigenvalue weighted by molar-refractivity contribution is -0.127. The van der Waals surface area contributed by atoms with Gasteiger partial charge in [0.05, 0.1) is 0 Å². The third-order valence-corrected chi connectivity index (χ3v) is 2.81. The van der Waals surface area contributed by atoms with E-state index in [9.17, 15) is 4.79 Å². The van der Waals surface area contributed by atoms with Gasteiger partial charge in [0.1, 0.15) is 0 Å². The zero-order valence-electron chi connectivity index (χ0n) is 10.9. The maximum absolute atomic E-state index is 10.6. The number of hydrogen-bond acceptors (Lipinski definition) is 1. The topological polar surface area (TPSA) is 20.3 Å². The molecule has 1 aliphatic heterocycles. The van der Waals surface area contributed by atoms with Crippen molar-refractivity contribution in [2.75, 3.05) is 13.1 Å². The predicted molar refractivity (Wildman–Crippen MR) is 77.0 cm³/mol. The predicted octanol–water partition coefficient (Wildman–Crippen LogP) is 4.10. The molecule has 1 aromatic carbocycles. The molecule has 0 unspecified atom stereocenters. The van der Waals surface area contributed by atoms with Gasteiger partial charge < -0.3 is 4.90 Å². The van der Waals surface area contributed by atoms with Crippen LogP contribution in [-0.4, -0.2) is 23.9 Å². The normalized spacial score (nSPS) is 13.1. The van der Waals surface area contributed by atoms with E-state index in [0.717, 1.165) is 17.6 Å². The number of carbonyl (C=O) groups is 1. The minimum absolute atomic E-state index is 0.225. The Morgan fingerprint density at radius 3 is 1.82 bits per heavy atom. The summed E-state index contributed by atoms with van der Waals surface area (Å²) < 4.78 is 1.13. The number of likely N-dealkylation sites (tertiary alicyclic amines) is 1. The summed E-state index contributed by atoms with van der Waals surface area (Å²) in [5.74, 6) is 0.225. The first-order chi connectivity index (χ1) is 8.20. The Labute approximate surface area is 113 Å². The highest BCUT2D eigenvalue weighted by molar-refractivity contribution is 9.10. The maximum Gasteiger partial charge on any atom is 0.219 e. The van der Waals surface area contributed by atoms with Crippen molar-refractivity contribution in [2.45, 2.75) is 33.6 Å². The monoisotopic (exact) mass is 299 g/mol. The summed E-state index contributed by atoms with van der Waals surface area (Å²) in [6.07, 6.45) is 2.39. The van der Waals surface area contributed by atoms with E-state index in [1.807, 2.05) is 49.1 Å². The van der Waals surface area contributed by atoms with Crippen LogP contribution in [-0.2, 0) is 4.79 Å². The third kappa shape index (κ3) is 7.97. The zero-order chi connectivity index (χ0) is 13.1. The minimum Gasteiger partial charge on any atom is -0.343 e. The molecule has 0 aromatic heterocycles. The summed E-state index contributed by atoms with van der Waals surface area (Å²) in [4.78, 5) is 12.5. The van der Waals surface area contributed by atoms with E-state index in [4.69, 9.17) is 0 Å². The van der Waals surface area contributed by atoms with Crippen LogP contribution < -0.4 is 0 Å². The van der Waals surface area contributed by atoms with E-state index in [-0.39, 0.29) is 5.91 Å². The smallest absolute Gasteiger partial charge is 0.219 e. The van der Waals surface area contributed by atoms with Crippen molar-refractivity contribution in [2.24, 2.45) is 0 Å². The van der Waals surface area contributed by atoms with Crippen LogP contribution in [0.4, 0.5) is 0 Å². The molecule has 1 amide bonds. The molecule has 0 saturated carbocycles. The summed E-state index contributed by atoms with van der Waals surface area (Å²) in [5, 5.41) is 0. The van der Waals surface area contributed by atoms with Crippen molar-refractivity contribution < 1.29 is 4.79 Å². The number of halogens is 1. The van der Waals surface area contributed by atoms with Crippen LogP contribution in [0.1, 0.15) is 33.6 Å². The summed E-state index contributed by atoms with van der Waals surface area (Å²) in [6.45, 7) is 7.59. The molecule has 17 heavy (non-hydrogen) atoms. The second kappa shape index (κ2) is 10.3. The van der Waals surface area contributed by atoms with Gasteiger partial charge in [-0.1, -0.05) is 48.0 Å². The molecule has 96 valence electrons. The number of benzene rings is 1. The van der Waals surface area contributed by atoms with Gasteiger partial charge in [0.2, 0.25) is 5.91 Å². The fraction of sp³-hybridized carbons (Fsp3) is 0.500. The maximum atomic E-state index is 10.6. The SMILES string of the molecule is Brc1ccccc1.CC.CC(=O)N1CCCC1. The molecular weight excluding hydrogens is 278 g/mol. The number of rotatable bonds is 0. The molecular formula is C14H22BrNO. The number of carbonyl (C=O) groups excluding carboxylic acids is 1. The molecule has 0 N–H and O–H groups in total. The van der Waals surface area contributed by atoms with E-state index in [2.05, 4.69) is 15.9 Å². The van der Waals surface area contributed by atoms with Gasteiger partial charge >= 0.3 is 0 Å². The first kappa shape index (κ1) is 16.2. The number of nitrogens with zero attached hydrogens (tertiary/aromatic N) is 1. The van der Waals surface area contributed by atoms with E-state index < -0.39 is 0 Å². The molecule has 3 heteroatoms. The highest BCUT2D eigenvalue weighted by Crippen LogP contribution is 2.06. The van der Waals surface area contributed by atoms with Crippen LogP contribution in [0, 0.1) is 0 Å². The van der Waals surface area contributed by atoms with Crippen molar-refractivity contribution in [1.29, 1.82) is 0 Å². The Kier molecular flexibility index (Phi) is 9.83. The van der Waals surface area contributed by atoms with Crippen molar-refractivity contribution in [3.05, 3.63) is 34.8 Å². The van der Waals surface area contributed by atoms with Gasteiger partial charge in [-0.15, -0.1) is 0 Å². The molecule has 0 aliphatic carbocycles. The largest absolute Gasteiger partial charge is 0.343 e. The molecule has 1 saturated heterocycles. The van der Waals surface area contributed by atoms with Crippen molar-refractivity contribution in [3.8, 4) is 0 Å². The number of hydrogen-bond donors (Lipinski definition) is 0. The molecule has 0 atom stereocenters. The molecule has 2 nitrogen and oxygen atoms in total. The van der Waals surface area contributed by atoms with Crippen LogP contribution in [0.25, 0.3) is 0 Å². The molecule has 1 aromatic rings. The molecule has 1 fully saturated rings. The Morgan fingerprint density at radius 2 is 1.59 bits per heavy atom. The second-order valence-corrected chi connectivity index (χ2v) is 4.42. The highest BCUT2D eigenvalue weighted by atomic mass is 79.9. The van der Waals surface area contributed by atoms with Gasteiger partial charge in [0, 0.05) is 24.5 Å². The van der Waals surface area contributed by atoms with Crippen LogP contribution >= 0.6 is 15.9 Å². The Morgan fingerprint density at radius 1 is 1.12 bits per heavy atom. The second-order valence-electron chi connectivity index (χ2n) is 3.51. The Balaban J connectivity index is 0.000000265. The van der Waals surface area contributed by atoms with Crippen LogP contribution in [0.2, 0.25) is 0 Å². The summed E-state index contributed by atoms with van der Waals surface area (Å²) in [6, 6.07) is 9.97. The van der Waals surface area contributed by atoms with E-state index in [1.54, 1.807) is 6.92 Å². The molecule has 2 rings (SSSR count). The van der Waals surface area contributed by atoms with Gasteiger partial charge in [0.15, 0.2) is 0 Å². The molecule has 1 heterocycles. The lowest BCUT2D eigenvalue weighted by Crippen LogP contribution is -2.24. The van der Waals surface area contributed by atoms with Gasteiger partial charge in [-0.3, -0.25) is 4.79 Å². The fourth-order valence-corrected chi connectivity index (χ4v) is 1.75. The van der Waals surface area contributed by atoms with Gasteiger partial charge in [-0.25, -0.2) is 0 Å². The highest BCUT2D eigenvalue weighted by Gasteiger charge is 2.12. The lowest BCUT2D eigenvalue weighted by atomic mass is 10.4. The van der Waals surface area contributed by atoms with Crippen molar-refractivity contribution >= 4 is 21.8 Å². The quantitative estimate of drug-likeness (QED) is 0.706. The van der Waals surface area contributed by atoms with Gasteiger partial charge in [-0.2, -0.15) is 0 Å². The first-order valence-electron chi connectivity index (χ1n) is 6.16. The fourth-order valence-electron chi connectivity index (χ4n) is 1.45. The molecule has 0 spiro atoms. The van der Waals surface area contributed by atoms with Gasteiger partial charge in [0.25, 0.3) is 0 Å². The van der Waals surface area contributed by atoms with E-state index in [1.165, 1.54) is 12.8 Å². The zero-order valence-corrected chi connectivity index (χ0v) is 12.5. The third-order valence-electron chi connectivity index (χ3n) is 2.28. The molecule has 0 radical (unpaired) electrons. The van der Waals surface area contributed by atoms with E-state index >= 15 is 0 Å². The Hall–Kier alpha value is -0.830. The van der Waals surface area contributed by atoms with Crippen molar-refractivity contribution in [3.63, 3.8) is 0 Å². The first-order valence-corrected chi connectivity index (χ1v) is 6.95. The van der Waals surface area contributed by atoms with Crippen LogP contribution in [0.15, 0.2) is 34.8 Å². The summed E-state index contributed by atoms with van der Waals surface area (Å²) in [5.41, 5.74) is 0. The number of amides is 1. The standard InChI is InChI=1S/C6H5Br.C6H11NO.C2H6/c7-6-4-2-1-3-5-6;1-6(8)7-4-2-3-5-7;1-2/h1-5H;2-5H2,1H3;1-2H3. The van der Waals surface area contributed by atoms with Crippen LogP contribution in [0.3, 0.4) is 0 Å². The van der Waals surface area contributed by atoms with Gasteiger partial charge in [-0.05, 0) is 25.0 Å². The van der Waals surface area contributed by atoms with E-state index in [0.29, 0.717) is 0 Å². The summed E-state index contributed by atoms with van der Waals surface area (Å²) in [7, 11) is 0. The molecule has 1 aliphatic rings.